The van der Waals surface area contributed by atoms with Crippen LogP contribution < -0.4 is 5.32 Å². The van der Waals surface area contributed by atoms with E-state index in [0.717, 1.165) is 0 Å². The maximum absolute atomic E-state index is 14.3. The molecule has 0 aliphatic heterocycles. The third-order valence-electron chi connectivity index (χ3n) is 4.46. The normalized spacial score (nSPS) is 12.7. The number of halogens is 4. The summed E-state index contributed by atoms with van der Waals surface area (Å²) in [5, 5.41) is 1.97. The van der Waals surface area contributed by atoms with Gasteiger partial charge in [-0.25, -0.2) is 9.37 Å². The van der Waals surface area contributed by atoms with E-state index < -0.39 is 23.9 Å². The number of carbonyl (C=O) groups is 1. The highest BCUT2D eigenvalue weighted by Gasteiger charge is 2.43. The highest BCUT2D eigenvalue weighted by atomic mass is 19.4. The SMILES string of the molecule is O=C(NC(c1ccccn1)C(F)(F)F)c1nc(-c2ccccc2F)n2ccccc12. The lowest BCUT2D eigenvalue weighted by Crippen LogP contribution is -2.38. The van der Waals surface area contributed by atoms with Gasteiger partial charge in [-0.05, 0) is 36.4 Å². The maximum Gasteiger partial charge on any atom is 0.414 e. The molecule has 30 heavy (non-hydrogen) atoms. The standard InChI is InChI=1S/C21H14F4N4O/c22-14-8-2-1-7-13(14)19-27-17(16-10-4-6-12-29(16)19)20(30)28-18(21(23,24)25)15-9-3-5-11-26-15/h1-12,18H,(H,28,30). The predicted molar refractivity (Wildman–Crippen MR) is 101 cm³/mol. The van der Waals surface area contributed by atoms with Crippen LogP contribution in [0.2, 0.25) is 0 Å². The number of rotatable bonds is 4. The van der Waals surface area contributed by atoms with Crippen LogP contribution in [0.3, 0.4) is 0 Å². The molecule has 1 aromatic carbocycles. The van der Waals surface area contributed by atoms with Crippen molar-refractivity contribution in [2.24, 2.45) is 0 Å². The minimum absolute atomic E-state index is 0.107. The monoisotopic (exact) mass is 414 g/mol. The Balaban J connectivity index is 1.78. The summed E-state index contributed by atoms with van der Waals surface area (Å²) < 4.78 is 56.5. The fourth-order valence-electron chi connectivity index (χ4n) is 3.11. The van der Waals surface area contributed by atoms with Gasteiger partial charge in [0.15, 0.2) is 11.7 Å². The quantitative estimate of drug-likeness (QED) is 0.498. The lowest BCUT2D eigenvalue weighted by Gasteiger charge is -2.20. The van der Waals surface area contributed by atoms with Crippen LogP contribution in [-0.2, 0) is 0 Å². The third-order valence-corrected chi connectivity index (χ3v) is 4.46. The number of pyridine rings is 2. The number of amides is 1. The molecule has 3 heterocycles. The van der Waals surface area contributed by atoms with Crippen LogP contribution in [0.25, 0.3) is 16.9 Å². The van der Waals surface area contributed by atoms with Crippen LogP contribution in [-0.4, -0.2) is 26.5 Å². The van der Waals surface area contributed by atoms with Gasteiger partial charge >= 0.3 is 6.18 Å². The van der Waals surface area contributed by atoms with E-state index in [9.17, 15) is 22.4 Å². The minimum atomic E-state index is -4.77. The van der Waals surface area contributed by atoms with Crippen LogP contribution in [0.5, 0.6) is 0 Å². The van der Waals surface area contributed by atoms with Gasteiger partial charge in [0.1, 0.15) is 11.6 Å². The molecule has 152 valence electrons. The van der Waals surface area contributed by atoms with Gasteiger partial charge in [0.2, 0.25) is 0 Å². The zero-order valence-corrected chi connectivity index (χ0v) is 15.3. The summed E-state index contributed by atoms with van der Waals surface area (Å²) in [7, 11) is 0. The first kappa shape index (κ1) is 19.6. The Morgan fingerprint density at radius 1 is 1.00 bits per heavy atom. The first-order chi connectivity index (χ1) is 14.4. The fraction of sp³-hybridized carbons (Fsp3) is 0.0952. The van der Waals surface area contributed by atoms with Gasteiger partial charge in [-0.3, -0.25) is 14.2 Å². The van der Waals surface area contributed by atoms with E-state index in [1.807, 2.05) is 5.32 Å². The highest BCUT2D eigenvalue weighted by Crippen LogP contribution is 2.32. The molecule has 0 spiro atoms. The van der Waals surface area contributed by atoms with E-state index in [-0.39, 0.29) is 28.3 Å². The molecule has 4 rings (SSSR count). The predicted octanol–water partition coefficient (Wildman–Crippen LogP) is 4.57. The summed E-state index contributed by atoms with van der Waals surface area (Å²) in [4.78, 5) is 20.7. The molecule has 4 aromatic rings. The van der Waals surface area contributed by atoms with Crippen LogP contribution >= 0.6 is 0 Å². The van der Waals surface area contributed by atoms with Crippen molar-refractivity contribution in [3.63, 3.8) is 0 Å². The Labute approximate surface area is 168 Å². The smallest absolute Gasteiger partial charge is 0.334 e. The van der Waals surface area contributed by atoms with Crippen molar-refractivity contribution in [3.8, 4) is 11.4 Å². The molecule has 0 radical (unpaired) electrons. The molecule has 1 unspecified atom stereocenters. The topological polar surface area (TPSA) is 59.3 Å². The molecule has 1 N–H and O–H groups in total. The number of fused-ring (bicyclic) bond motifs is 1. The van der Waals surface area contributed by atoms with Gasteiger partial charge in [-0.15, -0.1) is 0 Å². The first-order valence-electron chi connectivity index (χ1n) is 8.87. The van der Waals surface area contributed by atoms with E-state index in [1.54, 1.807) is 24.4 Å². The Hall–Kier alpha value is -3.75. The molecule has 3 aromatic heterocycles. The minimum Gasteiger partial charge on any atom is -0.334 e. The molecule has 0 fully saturated rings. The van der Waals surface area contributed by atoms with Crippen molar-refractivity contribution in [3.05, 3.63) is 90.3 Å². The summed E-state index contributed by atoms with van der Waals surface area (Å²) in [6.07, 6.45) is -2.00. The van der Waals surface area contributed by atoms with Gasteiger partial charge in [0.05, 0.1) is 16.8 Å². The van der Waals surface area contributed by atoms with Gasteiger partial charge < -0.3 is 5.32 Å². The maximum atomic E-state index is 14.3. The highest BCUT2D eigenvalue weighted by molar-refractivity contribution is 6.00. The number of imidazole rings is 1. The molecule has 0 saturated carbocycles. The van der Waals surface area contributed by atoms with Gasteiger partial charge in [0, 0.05) is 12.4 Å². The molecular formula is C21H14F4N4O. The first-order valence-corrected chi connectivity index (χ1v) is 8.87. The molecule has 9 heteroatoms. The lowest BCUT2D eigenvalue weighted by molar-refractivity contribution is -0.156. The van der Waals surface area contributed by atoms with Crippen LogP contribution in [0.15, 0.2) is 73.1 Å². The molecule has 1 atom stereocenters. The van der Waals surface area contributed by atoms with Crippen molar-refractivity contribution in [2.75, 3.05) is 0 Å². The number of nitrogens with zero attached hydrogens (tertiary/aromatic N) is 3. The van der Waals surface area contributed by atoms with E-state index in [2.05, 4.69) is 9.97 Å². The van der Waals surface area contributed by atoms with Crippen LogP contribution in [0, 0.1) is 5.82 Å². The van der Waals surface area contributed by atoms with Gasteiger partial charge in [-0.2, -0.15) is 13.2 Å². The Morgan fingerprint density at radius 3 is 2.43 bits per heavy atom. The van der Waals surface area contributed by atoms with Crippen LogP contribution in [0.1, 0.15) is 22.2 Å². The second-order valence-corrected chi connectivity index (χ2v) is 6.42. The van der Waals surface area contributed by atoms with E-state index >= 15 is 0 Å². The molecule has 5 nitrogen and oxygen atoms in total. The number of carbonyl (C=O) groups excluding carboxylic acids is 1. The number of nitrogens with one attached hydrogen (secondary N) is 1. The number of hydrogen-bond donors (Lipinski definition) is 1. The molecular weight excluding hydrogens is 400 g/mol. The second-order valence-electron chi connectivity index (χ2n) is 6.42. The zero-order valence-electron chi connectivity index (χ0n) is 15.3. The summed E-state index contributed by atoms with van der Waals surface area (Å²) >= 11 is 0. The van der Waals surface area contributed by atoms with E-state index in [1.165, 1.54) is 53.1 Å². The average Bonchev–Trinajstić information content (AvgIpc) is 3.12. The molecule has 1 amide bonds. The Bertz CT molecular complexity index is 1200. The van der Waals surface area contributed by atoms with Crippen molar-refractivity contribution in [2.45, 2.75) is 12.2 Å². The molecule has 0 aliphatic carbocycles. The van der Waals surface area contributed by atoms with Crippen molar-refractivity contribution in [1.82, 2.24) is 19.7 Å². The lowest BCUT2D eigenvalue weighted by atomic mass is 10.1. The number of benzene rings is 1. The largest absolute Gasteiger partial charge is 0.414 e. The Kier molecular flexibility index (Phi) is 4.94. The van der Waals surface area contributed by atoms with Gasteiger partial charge in [0.25, 0.3) is 5.91 Å². The molecule has 0 saturated heterocycles. The van der Waals surface area contributed by atoms with E-state index in [0.29, 0.717) is 0 Å². The fourth-order valence-corrected chi connectivity index (χ4v) is 3.11. The number of alkyl halides is 3. The van der Waals surface area contributed by atoms with E-state index in [4.69, 9.17) is 0 Å². The van der Waals surface area contributed by atoms with Crippen molar-refractivity contribution >= 4 is 11.4 Å². The zero-order chi connectivity index (χ0) is 21.3. The number of hydrogen-bond acceptors (Lipinski definition) is 3. The summed E-state index contributed by atoms with van der Waals surface area (Å²) in [5.41, 5.74) is -0.236. The number of aromatic nitrogens is 3. The molecule has 0 aliphatic rings. The van der Waals surface area contributed by atoms with Crippen molar-refractivity contribution < 1.29 is 22.4 Å². The summed E-state index contributed by atoms with van der Waals surface area (Å²) in [5.74, 6) is -1.51. The van der Waals surface area contributed by atoms with Crippen molar-refractivity contribution in [1.29, 1.82) is 0 Å². The average molecular weight is 414 g/mol. The second kappa shape index (κ2) is 7.58. The summed E-state index contributed by atoms with van der Waals surface area (Å²) in [6, 6.07) is 12.3. The summed E-state index contributed by atoms with van der Waals surface area (Å²) in [6.45, 7) is 0. The van der Waals surface area contributed by atoms with Gasteiger partial charge in [-0.1, -0.05) is 24.3 Å². The molecule has 0 bridgehead atoms. The van der Waals surface area contributed by atoms with Crippen LogP contribution in [0.4, 0.5) is 17.6 Å². The Morgan fingerprint density at radius 2 is 1.73 bits per heavy atom. The third kappa shape index (κ3) is 3.61.